The first-order chi connectivity index (χ1) is 11.1. The molecule has 1 aliphatic heterocycles. The molecule has 2 aromatic rings. The number of nitrogens with zero attached hydrogens (tertiary/aromatic N) is 3. The number of morpholine rings is 1. The van der Waals surface area contributed by atoms with Gasteiger partial charge in [0.05, 0.1) is 19.1 Å². The van der Waals surface area contributed by atoms with Crippen LogP contribution in [0.1, 0.15) is 30.1 Å². The maximum absolute atomic E-state index is 13.4. The molecule has 0 spiro atoms. The molecule has 3 rings (SSSR count). The van der Waals surface area contributed by atoms with Crippen LogP contribution in [-0.2, 0) is 9.53 Å². The van der Waals surface area contributed by atoms with E-state index in [1.807, 2.05) is 13.0 Å². The molecule has 6 heteroatoms. The van der Waals surface area contributed by atoms with Crippen LogP contribution in [0, 0.1) is 5.82 Å². The van der Waals surface area contributed by atoms with E-state index in [-0.39, 0.29) is 23.7 Å². The molecule has 120 valence electrons. The summed E-state index contributed by atoms with van der Waals surface area (Å²) < 4.78 is 19.1. The molecule has 2 atom stereocenters. The average Bonchev–Trinajstić information content (AvgIpc) is 2.61. The Morgan fingerprint density at radius 1 is 1.39 bits per heavy atom. The Bertz CT molecular complexity index is 681. The molecule has 0 N–H and O–H groups in total. The van der Waals surface area contributed by atoms with Gasteiger partial charge in [-0.25, -0.2) is 14.4 Å². The average molecular weight is 315 g/mol. The van der Waals surface area contributed by atoms with E-state index in [1.165, 1.54) is 18.5 Å². The lowest BCUT2D eigenvalue weighted by Crippen LogP contribution is -2.44. The van der Waals surface area contributed by atoms with Gasteiger partial charge in [0, 0.05) is 24.5 Å². The first-order valence-electron chi connectivity index (χ1n) is 7.56. The van der Waals surface area contributed by atoms with Crippen LogP contribution in [0.15, 0.2) is 43.0 Å². The molecule has 1 aliphatic rings. The van der Waals surface area contributed by atoms with Crippen molar-refractivity contribution in [3.63, 3.8) is 0 Å². The molecule has 1 saturated heterocycles. The van der Waals surface area contributed by atoms with E-state index in [4.69, 9.17) is 4.74 Å². The zero-order chi connectivity index (χ0) is 16.2. The molecule has 23 heavy (non-hydrogen) atoms. The number of hydrogen-bond acceptors (Lipinski definition) is 4. The summed E-state index contributed by atoms with van der Waals surface area (Å²) in [6.45, 7) is 3.22. The van der Waals surface area contributed by atoms with Crippen LogP contribution in [0.4, 0.5) is 4.39 Å². The van der Waals surface area contributed by atoms with Crippen LogP contribution >= 0.6 is 0 Å². The number of amides is 1. The van der Waals surface area contributed by atoms with E-state index in [1.54, 1.807) is 23.4 Å². The number of carbonyl (C=O) groups excluding carboxylic acids is 1. The van der Waals surface area contributed by atoms with Gasteiger partial charge in [-0.2, -0.15) is 0 Å². The molecule has 1 aromatic heterocycles. The van der Waals surface area contributed by atoms with Crippen molar-refractivity contribution in [2.45, 2.75) is 18.9 Å². The Balaban J connectivity index is 1.72. The van der Waals surface area contributed by atoms with Crippen LogP contribution in [0.2, 0.25) is 0 Å². The Morgan fingerprint density at radius 2 is 2.17 bits per heavy atom. The largest absolute Gasteiger partial charge is 0.370 e. The first kappa shape index (κ1) is 15.6. The highest BCUT2D eigenvalue weighted by Gasteiger charge is 2.29. The van der Waals surface area contributed by atoms with Gasteiger partial charge in [-0.15, -0.1) is 0 Å². The van der Waals surface area contributed by atoms with E-state index in [0.29, 0.717) is 19.7 Å². The molecule has 0 bridgehead atoms. The standard InChI is InChI=1S/C17H18FN3O2/c1-12(14-8-19-11-20-9-14)17(22)21-5-6-23-16(10-21)13-3-2-4-15(18)7-13/h2-4,7-9,11-12,16H,5-6,10H2,1H3/t12-,16+/m1/s1. The summed E-state index contributed by atoms with van der Waals surface area (Å²) in [6.07, 6.45) is 4.44. The normalized spacial score (nSPS) is 19.4. The van der Waals surface area contributed by atoms with Crippen LogP contribution in [-0.4, -0.2) is 40.5 Å². The fourth-order valence-corrected chi connectivity index (χ4v) is 2.71. The smallest absolute Gasteiger partial charge is 0.230 e. The Kier molecular flexibility index (Phi) is 4.62. The highest BCUT2D eigenvalue weighted by atomic mass is 19.1. The van der Waals surface area contributed by atoms with Crippen LogP contribution in [0.3, 0.4) is 0 Å². The number of hydrogen-bond donors (Lipinski definition) is 0. The molecule has 0 aliphatic carbocycles. The predicted octanol–water partition coefficient (Wildman–Crippen LogP) is 2.32. The van der Waals surface area contributed by atoms with Gasteiger partial charge < -0.3 is 9.64 Å². The molecule has 0 saturated carbocycles. The van der Waals surface area contributed by atoms with Crippen molar-refractivity contribution in [3.8, 4) is 0 Å². The third-order valence-corrected chi connectivity index (χ3v) is 4.05. The van der Waals surface area contributed by atoms with E-state index in [0.717, 1.165) is 11.1 Å². The summed E-state index contributed by atoms with van der Waals surface area (Å²) in [5.41, 5.74) is 1.53. The zero-order valence-corrected chi connectivity index (χ0v) is 12.9. The van der Waals surface area contributed by atoms with E-state index >= 15 is 0 Å². The molecule has 5 nitrogen and oxygen atoms in total. The Morgan fingerprint density at radius 3 is 2.91 bits per heavy atom. The van der Waals surface area contributed by atoms with Gasteiger partial charge in [0.1, 0.15) is 18.2 Å². The zero-order valence-electron chi connectivity index (χ0n) is 12.9. The lowest BCUT2D eigenvalue weighted by molar-refractivity contribution is -0.140. The molecule has 1 aromatic carbocycles. The van der Waals surface area contributed by atoms with Crippen LogP contribution < -0.4 is 0 Å². The second-order valence-electron chi connectivity index (χ2n) is 5.59. The highest BCUT2D eigenvalue weighted by molar-refractivity contribution is 5.83. The van der Waals surface area contributed by atoms with Gasteiger partial charge in [0.25, 0.3) is 0 Å². The van der Waals surface area contributed by atoms with E-state index in [2.05, 4.69) is 9.97 Å². The lowest BCUT2D eigenvalue weighted by atomic mass is 10.0. The van der Waals surface area contributed by atoms with Gasteiger partial charge in [-0.1, -0.05) is 12.1 Å². The summed E-state index contributed by atoms with van der Waals surface area (Å²) in [7, 11) is 0. The Hall–Kier alpha value is -2.34. The number of rotatable bonds is 3. The van der Waals surface area contributed by atoms with Crippen LogP contribution in [0.25, 0.3) is 0 Å². The van der Waals surface area contributed by atoms with Gasteiger partial charge in [-0.3, -0.25) is 4.79 Å². The third kappa shape index (κ3) is 3.53. The quantitative estimate of drug-likeness (QED) is 0.872. The second-order valence-corrected chi connectivity index (χ2v) is 5.59. The number of carbonyl (C=O) groups is 1. The summed E-state index contributed by atoms with van der Waals surface area (Å²) in [4.78, 5) is 22.4. The SMILES string of the molecule is C[C@@H](C(=O)N1CCO[C@H](c2cccc(F)c2)C1)c1cncnc1. The molecule has 1 amide bonds. The maximum Gasteiger partial charge on any atom is 0.230 e. The monoisotopic (exact) mass is 315 g/mol. The number of aromatic nitrogens is 2. The number of halogens is 1. The van der Waals surface area contributed by atoms with Crippen molar-refractivity contribution in [2.24, 2.45) is 0 Å². The van der Waals surface area contributed by atoms with Gasteiger partial charge in [0.15, 0.2) is 0 Å². The fraction of sp³-hybridized carbons (Fsp3) is 0.353. The van der Waals surface area contributed by atoms with E-state index in [9.17, 15) is 9.18 Å². The summed E-state index contributed by atoms with van der Waals surface area (Å²) >= 11 is 0. The summed E-state index contributed by atoms with van der Waals surface area (Å²) in [6, 6.07) is 6.31. The minimum Gasteiger partial charge on any atom is -0.370 e. The molecule has 2 heterocycles. The highest BCUT2D eigenvalue weighted by Crippen LogP contribution is 2.25. The topological polar surface area (TPSA) is 55.3 Å². The Labute approximate surface area is 134 Å². The van der Waals surface area contributed by atoms with Crippen molar-refractivity contribution in [3.05, 3.63) is 59.9 Å². The maximum atomic E-state index is 13.4. The van der Waals surface area contributed by atoms with Gasteiger partial charge in [0.2, 0.25) is 5.91 Å². The minimum absolute atomic E-state index is 0.00417. The van der Waals surface area contributed by atoms with Crippen molar-refractivity contribution in [1.82, 2.24) is 14.9 Å². The predicted molar refractivity (Wildman–Crippen MR) is 82.1 cm³/mol. The lowest BCUT2D eigenvalue weighted by Gasteiger charge is -2.34. The van der Waals surface area contributed by atoms with Crippen molar-refractivity contribution < 1.29 is 13.9 Å². The number of benzene rings is 1. The molecule has 0 radical (unpaired) electrons. The molecule has 0 unspecified atom stereocenters. The summed E-state index contributed by atoms with van der Waals surface area (Å²) in [5, 5.41) is 0. The molecular weight excluding hydrogens is 297 g/mol. The fourth-order valence-electron chi connectivity index (χ4n) is 2.71. The van der Waals surface area contributed by atoms with Crippen molar-refractivity contribution in [1.29, 1.82) is 0 Å². The minimum atomic E-state index is -0.317. The molecular formula is C17H18FN3O2. The van der Waals surface area contributed by atoms with Gasteiger partial charge >= 0.3 is 0 Å². The number of ether oxygens (including phenoxy) is 1. The summed E-state index contributed by atoms with van der Waals surface area (Å²) in [5.74, 6) is -0.615. The van der Waals surface area contributed by atoms with Crippen molar-refractivity contribution in [2.75, 3.05) is 19.7 Å². The van der Waals surface area contributed by atoms with Crippen molar-refractivity contribution >= 4 is 5.91 Å². The van der Waals surface area contributed by atoms with Gasteiger partial charge in [-0.05, 0) is 24.6 Å². The van der Waals surface area contributed by atoms with Crippen LogP contribution in [0.5, 0.6) is 0 Å². The second kappa shape index (κ2) is 6.83. The van der Waals surface area contributed by atoms with E-state index < -0.39 is 0 Å². The third-order valence-electron chi connectivity index (χ3n) is 4.05. The first-order valence-corrected chi connectivity index (χ1v) is 7.56. The molecule has 1 fully saturated rings.